The van der Waals surface area contributed by atoms with Crippen LogP contribution in [-0.4, -0.2) is 19.6 Å². The Morgan fingerprint density at radius 3 is 2.71 bits per heavy atom. The third kappa shape index (κ3) is 1.69. The average molecular weight is 214 g/mol. The Hall–Kier alpha value is -1.20. The maximum atomic E-state index is 5.44. The van der Waals surface area contributed by atoms with Crippen LogP contribution < -0.4 is 5.73 Å². The summed E-state index contributed by atoms with van der Waals surface area (Å²) in [6.07, 6.45) is 0. The molecule has 2 aromatic heterocycles. The predicted molar refractivity (Wildman–Crippen MR) is 55.4 cm³/mol. The lowest BCUT2D eigenvalue weighted by atomic mass is 10.4. The summed E-state index contributed by atoms with van der Waals surface area (Å²) in [7, 11) is 0. The fraction of sp³-hybridized carbons (Fsp3) is 0.375. The third-order valence-corrected chi connectivity index (χ3v) is 1.84. The van der Waals surface area contributed by atoms with E-state index in [2.05, 4.69) is 15.1 Å². The number of nitrogens with zero attached hydrogens (tertiary/aromatic N) is 4. The molecule has 76 valence electrons. The number of halogens is 1. The molecular weight excluding hydrogens is 202 g/mol. The Morgan fingerprint density at radius 2 is 2.07 bits per heavy atom. The van der Waals surface area contributed by atoms with Crippen molar-refractivity contribution in [1.29, 1.82) is 0 Å². The summed E-state index contributed by atoms with van der Waals surface area (Å²) in [4.78, 5) is 8.41. The molecule has 14 heavy (non-hydrogen) atoms. The van der Waals surface area contributed by atoms with E-state index in [1.807, 2.05) is 19.9 Å². The van der Waals surface area contributed by atoms with E-state index in [1.54, 1.807) is 4.52 Å². The average Bonchev–Trinajstić information content (AvgIpc) is 2.47. The van der Waals surface area contributed by atoms with Crippen LogP contribution in [0.25, 0.3) is 5.78 Å². The SMILES string of the molecule is Cc1cc(C)n2nc(CN)nc2n1.Cl. The second-order valence-corrected chi connectivity index (χ2v) is 2.98. The van der Waals surface area contributed by atoms with Crippen molar-refractivity contribution in [2.45, 2.75) is 20.4 Å². The molecule has 5 nitrogen and oxygen atoms in total. The molecule has 0 aromatic carbocycles. The van der Waals surface area contributed by atoms with Gasteiger partial charge in [0.25, 0.3) is 5.78 Å². The van der Waals surface area contributed by atoms with Gasteiger partial charge in [-0.3, -0.25) is 0 Å². The summed E-state index contributed by atoms with van der Waals surface area (Å²) in [6, 6.07) is 1.96. The number of hydrogen-bond acceptors (Lipinski definition) is 4. The summed E-state index contributed by atoms with van der Waals surface area (Å²) >= 11 is 0. The summed E-state index contributed by atoms with van der Waals surface area (Å²) in [6.45, 7) is 4.25. The normalized spacial score (nSPS) is 10.2. The molecule has 0 bridgehead atoms. The van der Waals surface area contributed by atoms with Crippen LogP contribution in [0.2, 0.25) is 0 Å². The van der Waals surface area contributed by atoms with Crippen LogP contribution >= 0.6 is 12.4 Å². The maximum absolute atomic E-state index is 5.44. The predicted octanol–water partition coefficient (Wildman–Crippen LogP) is 0.622. The van der Waals surface area contributed by atoms with E-state index in [0.717, 1.165) is 11.4 Å². The van der Waals surface area contributed by atoms with Crippen molar-refractivity contribution in [1.82, 2.24) is 19.6 Å². The molecule has 0 atom stereocenters. The highest BCUT2D eigenvalue weighted by Gasteiger charge is 2.05. The molecule has 6 heteroatoms. The summed E-state index contributed by atoms with van der Waals surface area (Å²) in [5.41, 5.74) is 7.40. The molecular formula is C8H12ClN5. The van der Waals surface area contributed by atoms with Crippen LogP contribution in [0.4, 0.5) is 0 Å². The maximum Gasteiger partial charge on any atom is 0.252 e. The van der Waals surface area contributed by atoms with Crippen LogP contribution in [0.1, 0.15) is 17.2 Å². The van der Waals surface area contributed by atoms with Crippen molar-refractivity contribution in [2.75, 3.05) is 0 Å². The van der Waals surface area contributed by atoms with Crippen molar-refractivity contribution in [3.63, 3.8) is 0 Å². The first kappa shape index (κ1) is 10.9. The van der Waals surface area contributed by atoms with E-state index in [-0.39, 0.29) is 12.4 Å². The Labute approximate surface area is 87.8 Å². The molecule has 0 unspecified atom stereocenters. The monoisotopic (exact) mass is 213 g/mol. The second-order valence-electron chi connectivity index (χ2n) is 2.98. The van der Waals surface area contributed by atoms with Crippen LogP contribution in [0.5, 0.6) is 0 Å². The van der Waals surface area contributed by atoms with Gasteiger partial charge in [-0.05, 0) is 19.9 Å². The van der Waals surface area contributed by atoms with Gasteiger partial charge in [0, 0.05) is 11.4 Å². The van der Waals surface area contributed by atoms with Crippen molar-refractivity contribution in [3.8, 4) is 0 Å². The Bertz CT molecular complexity index is 450. The smallest absolute Gasteiger partial charge is 0.252 e. The number of aryl methyl sites for hydroxylation is 2. The van der Waals surface area contributed by atoms with Gasteiger partial charge in [-0.25, -0.2) is 9.50 Å². The van der Waals surface area contributed by atoms with Crippen molar-refractivity contribution in [2.24, 2.45) is 5.73 Å². The summed E-state index contributed by atoms with van der Waals surface area (Å²) in [5, 5.41) is 4.19. The first-order valence-corrected chi connectivity index (χ1v) is 4.10. The number of nitrogens with two attached hydrogens (primary N) is 1. The Balaban J connectivity index is 0.000000980. The molecule has 0 aliphatic rings. The molecule has 2 heterocycles. The zero-order valence-corrected chi connectivity index (χ0v) is 8.88. The molecule has 0 aliphatic heterocycles. The molecule has 0 saturated heterocycles. The van der Waals surface area contributed by atoms with Crippen molar-refractivity contribution >= 4 is 18.2 Å². The standard InChI is InChI=1S/C8H11N5.ClH/c1-5-3-6(2)13-8(10-5)11-7(4-9)12-13;/h3H,4,9H2,1-2H3;1H. The van der Waals surface area contributed by atoms with E-state index in [1.165, 1.54) is 0 Å². The highest BCUT2D eigenvalue weighted by atomic mass is 35.5. The fourth-order valence-electron chi connectivity index (χ4n) is 1.29. The number of rotatable bonds is 1. The third-order valence-electron chi connectivity index (χ3n) is 1.84. The summed E-state index contributed by atoms with van der Waals surface area (Å²) in [5.74, 6) is 1.25. The lowest BCUT2D eigenvalue weighted by Gasteiger charge is -1.97. The van der Waals surface area contributed by atoms with E-state index in [9.17, 15) is 0 Å². The van der Waals surface area contributed by atoms with Gasteiger partial charge in [-0.2, -0.15) is 4.98 Å². The van der Waals surface area contributed by atoms with Gasteiger partial charge < -0.3 is 5.73 Å². The molecule has 2 N–H and O–H groups in total. The minimum Gasteiger partial charge on any atom is -0.324 e. The van der Waals surface area contributed by atoms with E-state index in [0.29, 0.717) is 18.1 Å². The minimum atomic E-state index is 0. The molecule has 2 aromatic rings. The van der Waals surface area contributed by atoms with E-state index >= 15 is 0 Å². The molecule has 0 radical (unpaired) electrons. The van der Waals surface area contributed by atoms with Gasteiger partial charge in [0.2, 0.25) is 0 Å². The zero-order chi connectivity index (χ0) is 9.42. The molecule has 2 rings (SSSR count). The van der Waals surface area contributed by atoms with Crippen LogP contribution in [0, 0.1) is 13.8 Å². The Morgan fingerprint density at radius 1 is 1.36 bits per heavy atom. The fourth-order valence-corrected chi connectivity index (χ4v) is 1.29. The molecule has 0 spiro atoms. The highest BCUT2D eigenvalue weighted by Crippen LogP contribution is 2.04. The summed E-state index contributed by atoms with van der Waals surface area (Å²) < 4.78 is 1.70. The first-order valence-electron chi connectivity index (χ1n) is 4.10. The minimum absolute atomic E-state index is 0. The van der Waals surface area contributed by atoms with Crippen LogP contribution in [0.3, 0.4) is 0 Å². The zero-order valence-electron chi connectivity index (χ0n) is 8.06. The van der Waals surface area contributed by atoms with Crippen LogP contribution in [0.15, 0.2) is 6.07 Å². The molecule has 0 amide bonds. The van der Waals surface area contributed by atoms with Crippen molar-refractivity contribution in [3.05, 3.63) is 23.3 Å². The van der Waals surface area contributed by atoms with Gasteiger partial charge in [0.1, 0.15) is 0 Å². The lowest BCUT2D eigenvalue weighted by molar-refractivity contribution is 0.838. The topological polar surface area (TPSA) is 69.1 Å². The second kappa shape index (κ2) is 3.89. The number of hydrogen-bond donors (Lipinski definition) is 1. The Kier molecular flexibility index (Phi) is 3.03. The van der Waals surface area contributed by atoms with E-state index < -0.39 is 0 Å². The van der Waals surface area contributed by atoms with Gasteiger partial charge >= 0.3 is 0 Å². The number of fused-ring (bicyclic) bond motifs is 1. The van der Waals surface area contributed by atoms with Gasteiger partial charge in [-0.15, -0.1) is 17.5 Å². The first-order chi connectivity index (χ1) is 6.20. The van der Waals surface area contributed by atoms with Gasteiger partial charge in [-0.1, -0.05) is 0 Å². The van der Waals surface area contributed by atoms with Gasteiger partial charge in [0.15, 0.2) is 5.82 Å². The molecule has 0 fully saturated rings. The number of aromatic nitrogens is 4. The molecule has 0 saturated carbocycles. The van der Waals surface area contributed by atoms with E-state index in [4.69, 9.17) is 5.73 Å². The lowest BCUT2D eigenvalue weighted by Crippen LogP contribution is -2.00. The highest BCUT2D eigenvalue weighted by molar-refractivity contribution is 5.85. The quantitative estimate of drug-likeness (QED) is 0.754. The largest absolute Gasteiger partial charge is 0.324 e. The van der Waals surface area contributed by atoms with Gasteiger partial charge in [0.05, 0.1) is 6.54 Å². The van der Waals surface area contributed by atoms with Crippen molar-refractivity contribution < 1.29 is 0 Å². The molecule has 0 aliphatic carbocycles. The van der Waals surface area contributed by atoms with Crippen LogP contribution in [-0.2, 0) is 6.54 Å².